The minimum absolute atomic E-state index is 0.294. The first-order valence-electron chi connectivity index (χ1n) is 5.44. The fourth-order valence-electron chi connectivity index (χ4n) is 1.68. The quantitative estimate of drug-likeness (QED) is 0.852. The number of rotatable bonds is 3. The van der Waals surface area contributed by atoms with Gasteiger partial charge in [-0.3, -0.25) is 4.72 Å². The Bertz CT molecular complexity index is 723. The second kappa shape index (κ2) is 5.03. The number of anilines is 2. The van der Waals surface area contributed by atoms with E-state index >= 15 is 0 Å². The summed E-state index contributed by atoms with van der Waals surface area (Å²) in [6.07, 6.45) is 0. The van der Waals surface area contributed by atoms with Crippen molar-refractivity contribution in [3.8, 4) is 0 Å². The van der Waals surface area contributed by atoms with Gasteiger partial charge in [0.2, 0.25) is 0 Å². The van der Waals surface area contributed by atoms with E-state index in [1.165, 1.54) is 17.4 Å². The standard InChI is InChI=1S/C12H13ClN2O2S2/c1-7-5-12(8(2)18-7)19(16,17)15-9-3-4-11(14)10(13)6-9/h3-6,15H,14H2,1-2H3. The lowest BCUT2D eigenvalue weighted by molar-refractivity contribution is 0.601. The zero-order chi connectivity index (χ0) is 14.2. The van der Waals surface area contributed by atoms with Gasteiger partial charge in [0, 0.05) is 9.75 Å². The van der Waals surface area contributed by atoms with Crippen molar-refractivity contribution in [3.63, 3.8) is 0 Å². The molecule has 0 aliphatic rings. The van der Waals surface area contributed by atoms with Gasteiger partial charge in [-0.05, 0) is 38.1 Å². The van der Waals surface area contributed by atoms with Crippen molar-refractivity contribution >= 4 is 44.3 Å². The van der Waals surface area contributed by atoms with E-state index in [2.05, 4.69) is 4.72 Å². The zero-order valence-electron chi connectivity index (χ0n) is 10.4. The summed E-state index contributed by atoms with van der Waals surface area (Å²) in [6, 6.07) is 6.28. The van der Waals surface area contributed by atoms with Crippen molar-refractivity contribution < 1.29 is 8.42 Å². The molecular formula is C12H13ClN2O2S2. The molecule has 0 bridgehead atoms. The lowest BCUT2D eigenvalue weighted by Crippen LogP contribution is -2.13. The second-order valence-electron chi connectivity index (χ2n) is 4.12. The molecule has 0 saturated carbocycles. The van der Waals surface area contributed by atoms with Crippen LogP contribution in [-0.4, -0.2) is 8.42 Å². The molecule has 1 aromatic carbocycles. The van der Waals surface area contributed by atoms with Gasteiger partial charge < -0.3 is 5.73 Å². The number of benzene rings is 1. The Labute approximate surface area is 121 Å². The van der Waals surface area contributed by atoms with Crippen molar-refractivity contribution in [1.82, 2.24) is 0 Å². The van der Waals surface area contributed by atoms with Crippen LogP contribution in [0.25, 0.3) is 0 Å². The summed E-state index contributed by atoms with van der Waals surface area (Å²) in [5.74, 6) is 0. The molecule has 0 unspecified atom stereocenters. The smallest absolute Gasteiger partial charge is 0.262 e. The summed E-state index contributed by atoms with van der Waals surface area (Å²) in [6.45, 7) is 3.65. The summed E-state index contributed by atoms with van der Waals surface area (Å²) in [4.78, 5) is 2.00. The Kier molecular flexibility index (Phi) is 3.75. The normalized spacial score (nSPS) is 11.5. The SMILES string of the molecule is Cc1cc(S(=O)(=O)Nc2ccc(N)c(Cl)c2)c(C)s1. The molecule has 0 spiro atoms. The van der Waals surface area contributed by atoms with Gasteiger partial charge in [-0.25, -0.2) is 8.42 Å². The summed E-state index contributed by atoms with van der Waals surface area (Å²) in [5.41, 5.74) is 6.38. The molecule has 4 nitrogen and oxygen atoms in total. The highest BCUT2D eigenvalue weighted by molar-refractivity contribution is 7.93. The third kappa shape index (κ3) is 3.02. The molecule has 102 valence electrons. The van der Waals surface area contributed by atoms with E-state index in [0.29, 0.717) is 21.3 Å². The van der Waals surface area contributed by atoms with Gasteiger partial charge in [-0.2, -0.15) is 0 Å². The van der Waals surface area contributed by atoms with Crippen molar-refractivity contribution in [2.75, 3.05) is 10.5 Å². The lowest BCUT2D eigenvalue weighted by atomic mass is 10.3. The molecule has 0 aliphatic carbocycles. The van der Waals surface area contributed by atoms with Crippen molar-refractivity contribution in [1.29, 1.82) is 0 Å². The number of hydrogen-bond acceptors (Lipinski definition) is 4. The van der Waals surface area contributed by atoms with Gasteiger partial charge in [-0.15, -0.1) is 11.3 Å². The maximum Gasteiger partial charge on any atom is 0.262 e. The van der Waals surface area contributed by atoms with Crippen molar-refractivity contribution in [2.24, 2.45) is 0 Å². The molecule has 1 heterocycles. The van der Waals surface area contributed by atoms with Crippen molar-refractivity contribution in [2.45, 2.75) is 18.7 Å². The van der Waals surface area contributed by atoms with Crippen LogP contribution in [0.15, 0.2) is 29.2 Å². The van der Waals surface area contributed by atoms with Gasteiger partial charge in [0.25, 0.3) is 10.0 Å². The van der Waals surface area contributed by atoms with Crippen LogP contribution >= 0.6 is 22.9 Å². The Morgan fingerprint density at radius 3 is 2.47 bits per heavy atom. The number of thiophene rings is 1. The Morgan fingerprint density at radius 2 is 1.95 bits per heavy atom. The molecule has 0 radical (unpaired) electrons. The molecular weight excluding hydrogens is 304 g/mol. The molecule has 0 atom stereocenters. The predicted molar refractivity (Wildman–Crippen MR) is 80.5 cm³/mol. The largest absolute Gasteiger partial charge is 0.398 e. The Morgan fingerprint density at radius 1 is 1.26 bits per heavy atom. The van der Waals surface area contributed by atoms with Crippen LogP contribution in [0.3, 0.4) is 0 Å². The number of nitrogens with one attached hydrogen (secondary N) is 1. The highest BCUT2D eigenvalue weighted by Crippen LogP contribution is 2.28. The van der Waals surface area contributed by atoms with E-state index in [0.717, 1.165) is 9.75 Å². The first-order chi connectivity index (χ1) is 8.79. The first kappa shape index (κ1) is 14.2. The monoisotopic (exact) mass is 316 g/mol. The second-order valence-corrected chi connectivity index (χ2v) is 7.64. The van der Waals surface area contributed by atoms with Gasteiger partial charge in [-0.1, -0.05) is 11.6 Å². The molecule has 7 heteroatoms. The number of hydrogen-bond donors (Lipinski definition) is 2. The van der Waals surface area contributed by atoms with Crippen LogP contribution in [0, 0.1) is 13.8 Å². The molecule has 0 fully saturated rings. The minimum Gasteiger partial charge on any atom is -0.398 e. The fourth-order valence-corrected chi connectivity index (χ4v) is 4.46. The Hall–Kier alpha value is -1.24. The van der Waals surface area contributed by atoms with Gasteiger partial charge in [0.1, 0.15) is 4.90 Å². The van der Waals surface area contributed by atoms with Gasteiger partial charge in [0.15, 0.2) is 0 Å². The average molecular weight is 317 g/mol. The predicted octanol–water partition coefficient (Wildman–Crippen LogP) is 3.40. The van der Waals surface area contributed by atoms with E-state index in [-0.39, 0.29) is 0 Å². The molecule has 2 aromatic rings. The summed E-state index contributed by atoms with van der Waals surface area (Å²) >= 11 is 7.31. The topological polar surface area (TPSA) is 72.2 Å². The van der Waals surface area contributed by atoms with E-state index in [1.807, 2.05) is 6.92 Å². The van der Waals surface area contributed by atoms with E-state index in [1.54, 1.807) is 25.1 Å². The number of nitrogen functional groups attached to an aromatic ring is 1. The molecule has 19 heavy (non-hydrogen) atoms. The molecule has 0 aliphatic heterocycles. The fraction of sp³-hybridized carbons (Fsp3) is 0.167. The van der Waals surface area contributed by atoms with E-state index in [4.69, 9.17) is 17.3 Å². The molecule has 1 aromatic heterocycles. The first-order valence-corrected chi connectivity index (χ1v) is 8.12. The van der Waals surface area contributed by atoms with Crippen LogP contribution in [-0.2, 0) is 10.0 Å². The molecule has 3 N–H and O–H groups in total. The summed E-state index contributed by atoms with van der Waals surface area (Å²) < 4.78 is 27.0. The maximum atomic E-state index is 12.3. The average Bonchev–Trinajstić information content (AvgIpc) is 2.63. The Balaban J connectivity index is 2.36. The lowest BCUT2D eigenvalue weighted by Gasteiger charge is -2.08. The molecule has 0 amide bonds. The molecule has 0 saturated heterocycles. The van der Waals surface area contributed by atoms with E-state index in [9.17, 15) is 8.42 Å². The highest BCUT2D eigenvalue weighted by Gasteiger charge is 2.19. The summed E-state index contributed by atoms with van der Waals surface area (Å²) in [7, 11) is -3.59. The number of sulfonamides is 1. The number of nitrogens with two attached hydrogens (primary N) is 1. The summed E-state index contributed by atoms with van der Waals surface area (Å²) in [5, 5.41) is 0.318. The minimum atomic E-state index is -3.59. The zero-order valence-corrected chi connectivity index (χ0v) is 12.8. The number of aryl methyl sites for hydroxylation is 2. The maximum absolute atomic E-state index is 12.3. The van der Waals surface area contributed by atoms with Crippen LogP contribution in [0.5, 0.6) is 0 Å². The van der Waals surface area contributed by atoms with Crippen molar-refractivity contribution in [3.05, 3.63) is 39.0 Å². The number of halogens is 1. The van der Waals surface area contributed by atoms with Gasteiger partial charge in [0.05, 0.1) is 16.4 Å². The van der Waals surface area contributed by atoms with Crippen LogP contribution < -0.4 is 10.5 Å². The van der Waals surface area contributed by atoms with E-state index < -0.39 is 10.0 Å². The third-order valence-corrected chi connectivity index (χ3v) is 5.47. The highest BCUT2D eigenvalue weighted by atomic mass is 35.5. The van der Waals surface area contributed by atoms with Crippen LogP contribution in [0.2, 0.25) is 5.02 Å². The third-order valence-electron chi connectivity index (χ3n) is 2.54. The molecule has 2 rings (SSSR count). The van der Waals surface area contributed by atoms with Gasteiger partial charge >= 0.3 is 0 Å². The van der Waals surface area contributed by atoms with Crippen LogP contribution in [0.1, 0.15) is 9.75 Å². The van der Waals surface area contributed by atoms with Crippen LogP contribution in [0.4, 0.5) is 11.4 Å².